The third-order valence-corrected chi connectivity index (χ3v) is 4.85. The fourth-order valence-corrected chi connectivity index (χ4v) is 4.02. The number of rotatable bonds is 2. The van der Waals surface area contributed by atoms with Gasteiger partial charge in [-0.05, 0) is 30.1 Å². The number of terminal acetylenes is 1. The van der Waals surface area contributed by atoms with Crippen LogP contribution in [0, 0.1) is 29.1 Å². The van der Waals surface area contributed by atoms with Crippen LogP contribution in [0.3, 0.4) is 0 Å². The molecule has 0 aliphatic heterocycles. The summed E-state index contributed by atoms with van der Waals surface area (Å²) in [6.07, 6.45) is 11.5. The first kappa shape index (κ1) is 10.7. The van der Waals surface area contributed by atoms with Gasteiger partial charge in [-0.2, -0.15) is 0 Å². The van der Waals surface area contributed by atoms with E-state index in [0.29, 0.717) is 11.7 Å². The second-order valence-electron chi connectivity index (χ2n) is 5.83. The number of ketones is 1. The van der Waals surface area contributed by atoms with Crippen LogP contribution < -0.4 is 0 Å². The maximum Gasteiger partial charge on any atom is 0.137 e. The van der Waals surface area contributed by atoms with E-state index in [9.17, 15) is 4.79 Å². The van der Waals surface area contributed by atoms with Crippen molar-refractivity contribution < 1.29 is 4.79 Å². The molecule has 2 rings (SSSR count). The normalized spacial score (nSPS) is 37.7. The van der Waals surface area contributed by atoms with Crippen molar-refractivity contribution in [2.24, 2.45) is 16.7 Å². The summed E-state index contributed by atoms with van der Waals surface area (Å²) in [7, 11) is 0. The first-order chi connectivity index (χ1) is 7.03. The molecule has 0 aromatic rings. The molecule has 2 aliphatic carbocycles. The van der Waals surface area contributed by atoms with Crippen LogP contribution in [0.1, 0.15) is 52.4 Å². The van der Waals surface area contributed by atoms with Gasteiger partial charge < -0.3 is 0 Å². The molecule has 0 N–H and O–H groups in total. The first-order valence-corrected chi connectivity index (χ1v) is 6.00. The lowest BCUT2D eigenvalue weighted by Gasteiger charge is -2.41. The molecule has 0 bridgehead atoms. The second-order valence-corrected chi connectivity index (χ2v) is 5.83. The van der Waals surface area contributed by atoms with Crippen LogP contribution in [-0.4, -0.2) is 5.78 Å². The Kier molecular flexibility index (Phi) is 2.41. The Labute approximate surface area is 92.6 Å². The van der Waals surface area contributed by atoms with Gasteiger partial charge in [-0.25, -0.2) is 0 Å². The van der Waals surface area contributed by atoms with Gasteiger partial charge in [0.15, 0.2) is 0 Å². The molecule has 0 heterocycles. The highest BCUT2D eigenvalue weighted by molar-refractivity contribution is 5.86. The number of carbonyl (C=O) groups excluding carboxylic acids is 1. The molecule has 0 amide bonds. The second kappa shape index (κ2) is 3.37. The summed E-state index contributed by atoms with van der Waals surface area (Å²) in [5.41, 5.74) is 0.401. The minimum atomic E-state index is 0.169. The SMILES string of the molecule is C#CCC[C@]12CCC[C@H]1C(=O)CC2(C)C. The van der Waals surface area contributed by atoms with E-state index < -0.39 is 0 Å². The van der Waals surface area contributed by atoms with Crippen LogP contribution in [-0.2, 0) is 4.79 Å². The Morgan fingerprint density at radius 3 is 2.93 bits per heavy atom. The Balaban J connectivity index is 2.32. The van der Waals surface area contributed by atoms with Gasteiger partial charge in [-0.3, -0.25) is 4.79 Å². The average Bonchev–Trinajstić information content (AvgIpc) is 2.64. The van der Waals surface area contributed by atoms with Gasteiger partial charge >= 0.3 is 0 Å². The molecule has 0 radical (unpaired) electrons. The van der Waals surface area contributed by atoms with E-state index in [1.54, 1.807) is 0 Å². The van der Waals surface area contributed by atoms with Crippen LogP contribution >= 0.6 is 0 Å². The Hall–Kier alpha value is -0.770. The van der Waals surface area contributed by atoms with Gasteiger partial charge in [0.1, 0.15) is 5.78 Å². The third kappa shape index (κ3) is 1.34. The van der Waals surface area contributed by atoms with Crippen molar-refractivity contribution in [2.75, 3.05) is 0 Å². The summed E-state index contributed by atoms with van der Waals surface area (Å²) >= 11 is 0. The third-order valence-electron chi connectivity index (χ3n) is 4.85. The molecule has 1 nitrogen and oxygen atoms in total. The zero-order valence-corrected chi connectivity index (χ0v) is 9.81. The predicted octanol–water partition coefficient (Wildman–Crippen LogP) is 3.19. The highest BCUT2D eigenvalue weighted by atomic mass is 16.1. The minimum Gasteiger partial charge on any atom is -0.299 e. The van der Waals surface area contributed by atoms with Gasteiger partial charge in [-0.1, -0.05) is 20.3 Å². The van der Waals surface area contributed by atoms with E-state index in [0.717, 1.165) is 25.7 Å². The molecule has 82 valence electrons. The summed E-state index contributed by atoms with van der Waals surface area (Å²) < 4.78 is 0. The zero-order chi connectivity index (χ0) is 11.1. The molecular formula is C14H20O. The Bertz CT molecular complexity index is 321. The van der Waals surface area contributed by atoms with Crippen molar-refractivity contribution >= 4 is 5.78 Å². The van der Waals surface area contributed by atoms with E-state index in [-0.39, 0.29) is 10.8 Å². The number of hydrogen-bond acceptors (Lipinski definition) is 1. The van der Waals surface area contributed by atoms with E-state index in [1.807, 2.05) is 0 Å². The Morgan fingerprint density at radius 2 is 2.27 bits per heavy atom. The molecule has 0 aromatic carbocycles. The summed E-state index contributed by atoms with van der Waals surface area (Å²) in [4.78, 5) is 12.0. The number of hydrogen-bond donors (Lipinski definition) is 0. The summed E-state index contributed by atoms with van der Waals surface area (Å²) in [5.74, 6) is 3.56. The lowest BCUT2D eigenvalue weighted by atomic mass is 9.63. The average molecular weight is 204 g/mol. The van der Waals surface area contributed by atoms with Crippen LogP contribution in [0.2, 0.25) is 0 Å². The van der Waals surface area contributed by atoms with Crippen molar-refractivity contribution in [1.82, 2.24) is 0 Å². The fourth-order valence-electron chi connectivity index (χ4n) is 4.02. The molecule has 1 heteroatoms. The van der Waals surface area contributed by atoms with E-state index in [1.165, 1.54) is 12.8 Å². The summed E-state index contributed by atoms with van der Waals surface area (Å²) in [6.45, 7) is 4.51. The van der Waals surface area contributed by atoms with Crippen LogP contribution in [0.4, 0.5) is 0 Å². The van der Waals surface area contributed by atoms with Crippen molar-refractivity contribution in [3.05, 3.63) is 0 Å². The Morgan fingerprint density at radius 1 is 1.53 bits per heavy atom. The molecule has 15 heavy (non-hydrogen) atoms. The smallest absolute Gasteiger partial charge is 0.137 e. The van der Waals surface area contributed by atoms with Gasteiger partial charge in [0, 0.05) is 18.8 Å². The molecule has 0 unspecified atom stereocenters. The quantitative estimate of drug-likeness (QED) is 0.631. The highest BCUT2D eigenvalue weighted by Crippen LogP contribution is 2.64. The molecule has 0 saturated heterocycles. The van der Waals surface area contributed by atoms with E-state index in [4.69, 9.17) is 6.42 Å². The van der Waals surface area contributed by atoms with Crippen molar-refractivity contribution in [3.8, 4) is 12.3 Å². The number of Topliss-reactive ketones (excluding diaryl/α,β-unsaturated/α-hetero) is 1. The monoisotopic (exact) mass is 204 g/mol. The number of carbonyl (C=O) groups is 1. The molecule has 2 aliphatic rings. The number of fused-ring (bicyclic) bond motifs is 1. The van der Waals surface area contributed by atoms with Crippen LogP contribution in [0.25, 0.3) is 0 Å². The van der Waals surface area contributed by atoms with Gasteiger partial charge in [0.25, 0.3) is 0 Å². The molecular weight excluding hydrogens is 184 g/mol. The zero-order valence-electron chi connectivity index (χ0n) is 9.81. The largest absolute Gasteiger partial charge is 0.299 e. The predicted molar refractivity (Wildman–Crippen MR) is 61.2 cm³/mol. The first-order valence-electron chi connectivity index (χ1n) is 6.00. The lowest BCUT2D eigenvalue weighted by Crippen LogP contribution is -2.34. The van der Waals surface area contributed by atoms with Crippen molar-refractivity contribution in [2.45, 2.75) is 52.4 Å². The van der Waals surface area contributed by atoms with Crippen molar-refractivity contribution in [3.63, 3.8) is 0 Å². The van der Waals surface area contributed by atoms with E-state index >= 15 is 0 Å². The fraction of sp³-hybridized carbons (Fsp3) is 0.786. The topological polar surface area (TPSA) is 17.1 Å². The standard InChI is InChI=1S/C14H20O/c1-4-5-8-14-9-6-7-11(14)12(15)10-13(14,2)3/h1,11H,5-10H2,2-3H3/t11-,14-/m0/s1. The van der Waals surface area contributed by atoms with Gasteiger partial charge in [-0.15, -0.1) is 12.3 Å². The molecule has 0 spiro atoms. The maximum atomic E-state index is 12.0. The van der Waals surface area contributed by atoms with Crippen LogP contribution in [0.15, 0.2) is 0 Å². The molecule has 2 atom stereocenters. The molecule has 2 fully saturated rings. The van der Waals surface area contributed by atoms with E-state index in [2.05, 4.69) is 19.8 Å². The summed E-state index contributed by atoms with van der Waals surface area (Å²) in [5, 5.41) is 0. The molecule has 0 aromatic heterocycles. The van der Waals surface area contributed by atoms with Crippen LogP contribution in [0.5, 0.6) is 0 Å². The summed E-state index contributed by atoms with van der Waals surface area (Å²) in [6, 6.07) is 0. The maximum absolute atomic E-state index is 12.0. The minimum absolute atomic E-state index is 0.169. The molecule has 2 saturated carbocycles. The highest BCUT2D eigenvalue weighted by Gasteiger charge is 2.60. The van der Waals surface area contributed by atoms with Crippen molar-refractivity contribution in [1.29, 1.82) is 0 Å². The lowest BCUT2D eigenvalue weighted by molar-refractivity contribution is -0.121. The van der Waals surface area contributed by atoms with Gasteiger partial charge in [0.2, 0.25) is 0 Å². The van der Waals surface area contributed by atoms with Gasteiger partial charge in [0.05, 0.1) is 0 Å².